The van der Waals surface area contributed by atoms with Gasteiger partial charge in [0.15, 0.2) is 0 Å². The zero-order chi connectivity index (χ0) is 13.7. The van der Waals surface area contributed by atoms with Crippen LogP contribution in [-0.4, -0.2) is 32.2 Å². The topological polar surface area (TPSA) is 38.8 Å². The SMILES string of the molecule is COP(=O)(OC)C(c1ccccc1)N1CCCCC1. The molecule has 1 unspecified atom stereocenters. The van der Waals surface area contributed by atoms with E-state index in [1.54, 1.807) is 0 Å². The number of rotatable bonds is 5. The van der Waals surface area contributed by atoms with Gasteiger partial charge in [-0.15, -0.1) is 0 Å². The summed E-state index contributed by atoms with van der Waals surface area (Å²) < 4.78 is 23.4. The van der Waals surface area contributed by atoms with E-state index in [0.717, 1.165) is 31.5 Å². The monoisotopic (exact) mass is 283 g/mol. The van der Waals surface area contributed by atoms with E-state index >= 15 is 0 Å². The zero-order valence-corrected chi connectivity index (χ0v) is 12.5. The minimum absolute atomic E-state index is 0.302. The lowest BCUT2D eigenvalue weighted by Gasteiger charge is -2.37. The summed E-state index contributed by atoms with van der Waals surface area (Å²) >= 11 is 0. The molecular weight excluding hydrogens is 261 g/mol. The maximum Gasteiger partial charge on any atom is 0.351 e. The van der Waals surface area contributed by atoms with E-state index in [1.165, 1.54) is 20.6 Å². The second kappa shape index (κ2) is 6.67. The highest BCUT2D eigenvalue weighted by molar-refractivity contribution is 7.54. The maximum absolute atomic E-state index is 12.9. The second-order valence-corrected chi connectivity index (χ2v) is 7.09. The number of piperidine rings is 1. The summed E-state index contributed by atoms with van der Waals surface area (Å²) in [5.74, 6) is -0.302. The van der Waals surface area contributed by atoms with Crippen molar-refractivity contribution in [1.82, 2.24) is 4.90 Å². The molecule has 0 bridgehead atoms. The minimum Gasteiger partial charge on any atom is -0.311 e. The summed E-state index contributed by atoms with van der Waals surface area (Å²) in [5.41, 5.74) is 0.997. The fourth-order valence-electron chi connectivity index (χ4n) is 2.66. The Labute approximate surface area is 115 Å². The van der Waals surface area contributed by atoms with Crippen LogP contribution >= 0.6 is 7.60 Å². The first-order chi connectivity index (χ1) is 9.21. The molecule has 1 atom stereocenters. The maximum atomic E-state index is 12.9. The molecule has 5 heteroatoms. The van der Waals surface area contributed by atoms with Gasteiger partial charge in [0.05, 0.1) is 0 Å². The highest BCUT2D eigenvalue weighted by Crippen LogP contribution is 2.61. The van der Waals surface area contributed by atoms with Crippen molar-refractivity contribution in [2.75, 3.05) is 27.3 Å². The van der Waals surface area contributed by atoms with Crippen LogP contribution in [0.5, 0.6) is 0 Å². The fraction of sp³-hybridized carbons (Fsp3) is 0.571. The van der Waals surface area contributed by atoms with E-state index in [4.69, 9.17) is 9.05 Å². The summed E-state index contributed by atoms with van der Waals surface area (Å²) in [6.07, 6.45) is 3.51. The lowest BCUT2D eigenvalue weighted by Crippen LogP contribution is -2.34. The second-order valence-electron chi connectivity index (χ2n) is 4.79. The molecule has 0 N–H and O–H groups in total. The molecule has 1 aromatic carbocycles. The van der Waals surface area contributed by atoms with Crippen LogP contribution in [0.2, 0.25) is 0 Å². The number of likely N-dealkylation sites (tertiary alicyclic amines) is 1. The molecule has 1 saturated heterocycles. The number of hydrogen-bond acceptors (Lipinski definition) is 4. The molecule has 1 aliphatic heterocycles. The summed E-state index contributed by atoms with van der Waals surface area (Å²) in [6.45, 7) is 1.88. The van der Waals surface area contributed by atoms with Crippen LogP contribution in [-0.2, 0) is 13.6 Å². The van der Waals surface area contributed by atoms with Crippen LogP contribution in [0.1, 0.15) is 30.6 Å². The van der Waals surface area contributed by atoms with Gasteiger partial charge >= 0.3 is 7.60 Å². The lowest BCUT2D eigenvalue weighted by molar-refractivity contribution is 0.165. The largest absolute Gasteiger partial charge is 0.351 e. The van der Waals surface area contributed by atoms with Gasteiger partial charge in [-0.1, -0.05) is 36.8 Å². The first kappa shape index (κ1) is 14.7. The van der Waals surface area contributed by atoms with Crippen LogP contribution in [0.25, 0.3) is 0 Å². The van der Waals surface area contributed by atoms with Gasteiger partial charge in [-0.3, -0.25) is 9.46 Å². The first-order valence-corrected chi connectivity index (χ1v) is 8.32. The quantitative estimate of drug-likeness (QED) is 0.773. The van der Waals surface area contributed by atoms with Gasteiger partial charge in [-0.05, 0) is 31.5 Å². The highest BCUT2D eigenvalue weighted by Gasteiger charge is 2.40. The van der Waals surface area contributed by atoms with Crippen LogP contribution in [0.15, 0.2) is 30.3 Å². The third-order valence-electron chi connectivity index (χ3n) is 3.64. The predicted octanol–water partition coefficient (Wildman–Crippen LogP) is 3.66. The Morgan fingerprint density at radius 3 is 2.16 bits per heavy atom. The Bertz CT molecular complexity index is 424. The van der Waals surface area contributed by atoms with E-state index < -0.39 is 7.60 Å². The average molecular weight is 283 g/mol. The summed E-state index contributed by atoms with van der Waals surface area (Å²) in [4.78, 5) is 2.23. The number of hydrogen-bond donors (Lipinski definition) is 0. The highest BCUT2D eigenvalue weighted by atomic mass is 31.2. The van der Waals surface area contributed by atoms with Gasteiger partial charge in [0.2, 0.25) is 0 Å². The molecule has 0 spiro atoms. The molecule has 1 aromatic rings. The lowest BCUT2D eigenvalue weighted by atomic mass is 10.1. The van der Waals surface area contributed by atoms with E-state index in [-0.39, 0.29) is 5.78 Å². The molecule has 1 fully saturated rings. The van der Waals surface area contributed by atoms with Crippen molar-refractivity contribution in [3.63, 3.8) is 0 Å². The van der Waals surface area contributed by atoms with Gasteiger partial charge in [-0.2, -0.15) is 0 Å². The Morgan fingerprint density at radius 1 is 1.05 bits per heavy atom. The van der Waals surface area contributed by atoms with Crippen LogP contribution < -0.4 is 0 Å². The van der Waals surface area contributed by atoms with E-state index in [0.29, 0.717) is 0 Å². The third-order valence-corrected chi connectivity index (χ3v) is 5.88. The molecule has 1 aliphatic rings. The standard InChI is InChI=1S/C14H22NO3P/c1-17-19(16,18-2)14(13-9-5-3-6-10-13)15-11-7-4-8-12-15/h3,5-6,9-10,14H,4,7-8,11-12H2,1-2H3. The van der Waals surface area contributed by atoms with Crippen molar-refractivity contribution in [2.45, 2.75) is 25.0 Å². The molecule has 0 saturated carbocycles. The molecule has 1 heterocycles. The molecular formula is C14H22NO3P. The van der Waals surface area contributed by atoms with Crippen LogP contribution in [0.3, 0.4) is 0 Å². The molecule has 19 heavy (non-hydrogen) atoms. The van der Waals surface area contributed by atoms with Gasteiger partial charge < -0.3 is 9.05 Å². The Kier molecular flexibility index (Phi) is 5.17. The molecule has 2 rings (SSSR count). The Balaban J connectivity index is 2.35. The van der Waals surface area contributed by atoms with Crippen molar-refractivity contribution in [3.05, 3.63) is 35.9 Å². The van der Waals surface area contributed by atoms with E-state index in [2.05, 4.69) is 4.90 Å². The summed E-state index contributed by atoms with van der Waals surface area (Å²) in [7, 11) is -0.231. The van der Waals surface area contributed by atoms with Crippen LogP contribution in [0, 0.1) is 0 Å². The molecule has 0 aliphatic carbocycles. The third kappa shape index (κ3) is 3.26. The van der Waals surface area contributed by atoms with E-state index in [9.17, 15) is 4.57 Å². The number of benzene rings is 1. The Morgan fingerprint density at radius 2 is 1.63 bits per heavy atom. The number of nitrogens with zero attached hydrogens (tertiary/aromatic N) is 1. The summed E-state index contributed by atoms with van der Waals surface area (Å²) in [6, 6.07) is 9.86. The van der Waals surface area contributed by atoms with Crippen molar-refractivity contribution in [2.24, 2.45) is 0 Å². The fourth-order valence-corrected chi connectivity index (χ4v) is 4.37. The van der Waals surface area contributed by atoms with Gasteiger partial charge in [0, 0.05) is 14.2 Å². The van der Waals surface area contributed by atoms with Gasteiger partial charge in [0.1, 0.15) is 5.78 Å². The van der Waals surface area contributed by atoms with Crippen molar-refractivity contribution in [1.29, 1.82) is 0 Å². The average Bonchev–Trinajstić information content (AvgIpc) is 2.49. The molecule has 0 radical (unpaired) electrons. The summed E-state index contributed by atoms with van der Waals surface area (Å²) in [5, 5.41) is 0. The minimum atomic E-state index is -3.16. The van der Waals surface area contributed by atoms with Gasteiger partial charge in [-0.25, -0.2) is 0 Å². The van der Waals surface area contributed by atoms with Crippen molar-refractivity contribution in [3.8, 4) is 0 Å². The molecule has 0 aromatic heterocycles. The molecule has 0 amide bonds. The van der Waals surface area contributed by atoms with E-state index in [1.807, 2.05) is 30.3 Å². The van der Waals surface area contributed by atoms with Gasteiger partial charge in [0.25, 0.3) is 0 Å². The molecule has 106 valence electrons. The smallest absolute Gasteiger partial charge is 0.311 e. The van der Waals surface area contributed by atoms with Crippen LogP contribution in [0.4, 0.5) is 0 Å². The zero-order valence-electron chi connectivity index (χ0n) is 11.6. The normalized spacial score (nSPS) is 19.3. The van der Waals surface area contributed by atoms with Crippen molar-refractivity contribution >= 4 is 7.60 Å². The van der Waals surface area contributed by atoms with Crippen molar-refractivity contribution < 1.29 is 13.6 Å². The predicted molar refractivity (Wildman–Crippen MR) is 76.2 cm³/mol. The first-order valence-electron chi connectivity index (χ1n) is 6.71. The Hall–Kier alpha value is -0.670. The molecule has 4 nitrogen and oxygen atoms in total.